The lowest BCUT2D eigenvalue weighted by atomic mass is 10.1. The molecule has 0 aliphatic rings. The molecule has 0 fully saturated rings. The molecule has 0 radical (unpaired) electrons. The normalized spacial score (nSPS) is 11.0. The number of hydrogen-bond donors (Lipinski definition) is 3. The van der Waals surface area contributed by atoms with Gasteiger partial charge in [-0.25, -0.2) is 9.79 Å². The minimum Gasteiger partial charge on any atom is -0.465 e. The highest BCUT2D eigenvalue weighted by atomic mass is 35.5. The molecule has 0 saturated heterocycles. The molecule has 0 heterocycles. The number of methoxy groups -OCH3 is 1. The lowest BCUT2D eigenvalue weighted by Crippen LogP contribution is -2.26. The van der Waals surface area contributed by atoms with Crippen molar-refractivity contribution in [1.82, 2.24) is 0 Å². The molecular formula is C11H14ClN5O2. The Balaban J connectivity index is 3.23. The third kappa shape index (κ3) is 3.85. The number of carbonyl (C=O) groups excluding carboxylic acids is 1. The molecule has 0 atom stereocenters. The summed E-state index contributed by atoms with van der Waals surface area (Å²) < 4.78 is 4.61. The first-order chi connectivity index (χ1) is 8.85. The van der Waals surface area contributed by atoms with Gasteiger partial charge in [-0.3, -0.25) is 0 Å². The molecule has 6 N–H and O–H groups in total. The number of halogens is 1. The maximum Gasteiger partial charge on any atom is 0.339 e. The highest BCUT2D eigenvalue weighted by Crippen LogP contribution is 2.27. The molecule has 19 heavy (non-hydrogen) atoms. The zero-order valence-electron chi connectivity index (χ0n) is 10.5. The molecule has 1 aromatic carbocycles. The first kappa shape index (κ1) is 14.8. The fourth-order valence-electron chi connectivity index (χ4n) is 1.34. The number of guanidine groups is 2. The zero-order valence-corrected chi connectivity index (χ0v) is 11.2. The molecule has 0 saturated carbocycles. The second-order valence-electron chi connectivity index (χ2n) is 3.62. The first-order valence-electron chi connectivity index (χ1n) is 5.17. The van der Waals surface area contributed by atoms with Crippen molar-refractivity contribution in [3.05, 3.63) is 28.3 Å². The molecule has 0 unspecified atom stereocenters. The van der Waals surface area contributed by atoms with E-state index in [4.69, 9.17) is 28.8 Å². The van der Waals surface area contributed by atoms with Gasteiger partial charge < -0.3 is 21.9 Å². The molecule has 8 heteroatoms. The second kappa shape index (κ2) is 6.05. The van der Waals surface area contributed by atoms with Gasteiger partial charge >= 0.3 is 5.97 Å². The van der Waals surface area contributed by atoms with E-state index in [2.05, 4.69) is 14.7 Å². The number of ether oxygens (including phenoxy) is 1. The highest BCUT2D eigenvalue weighted by Gasteiger charge is 2.13. The van der Waals surface area contributed by atoms with Crippen molar-refractivity contribution in [3.63, 3.8) is 0 Å². The minimum absolute atomic E-state index is 0.106. The predicted octanol–water partition coefficient (Wildman–Crippen LogP) is 0.655. The van der Waals surface area contributed by atoms with Crippen LogP contribution in [0.15, 0.2) is 22.1 Å². The van der Waals surface area contributed by atoms with Crippen molar-refractivity contribution in [1.29, 1.82) is 0 Å². The van der Waals surface area contributed by atoms with Gasteiger partial charge in [-0.05, 0) is 24.6 Å². The van der Waals surface area contributed by atoms with Crippen LogP contribution in [0.2, 0.25) is 5.02 Å². The summed E-state index contributed by atoms with van der Waals surface area (Å²) in [7, 11) is 1.27. The third-order valence-corrected chi connectivity index (χ3v) is 2.48. The van der Waals surface area contributed by atoms with Crippen LogP contribution in [-0.4, -0.2) is 25.0 Å². The molecule has 7 nitrogen and oxygen atoms in total. The van der Waals surface area contributed by atoms with Crippen molar-refractivity contribution in [2.75, 3.05) is 7.11 Å². The molecule has 1 aromatic rings. The van der Waals surface area contributed by atoms with Gasteiger partial charge in [-0.2, -0.15) is 4.99 Å². The zero-order chi connectivity index (χ0) is 14.6. The average molecular weight is 284 g/mol. The Kier molecular flexibility index (Phi) is 4.71. The Morgan fingerprint density at radius 3 is 2.47 bits per heavy atom. The lowest BCUT2D eigenvalue weighted by Gasteiger charge is -2.06. The summed E-state index contributed by atoms with van der Waals surface area (Å²) in [6.07, 6.45) is 0. The van der Waals surface area contributed by atoms with Crippen LogP contribution in [0.5, 0.6) is 0 Å². The molecule has 0 aromatic heterocycles. The third-order valence-electron chi connectivity index (χ3n) is 2.17. The minimum atomic E-state index is -0.527. The van der Waals surface area contributed by atoms with Crippen LogP contribution in [0.3, 0.4) is 0 Å². The Morgan fingerprint density at radius 1 is 1.32 bits per heavy atom. The van der Waals surface area contributed by atoms with Crippen molar-refractivity contribution >= 4 is 35.2 Å². The molecule has 0 spiro atoms. The van der Waals surface area contributed by atoms with Crippen LogP contribution in [0.4, 0.5) is 5.69 Å². The smallest absolute Gasteiger partial charge is 0.339 e. The quantitative estimate of drug-likeness (QED) is 0.417. The maximum absolute atomic E-state index is 11.4. The van der Waals surface area contributed by atoms with E-state index in [0.717, 1.165) is 0 Å². The molecule has 0 bridgehead atoms. The number of aliphatic imine (C=N–C) groups is 2. The van der Waals surface area contributed by atoms with Crippen LogP contribution in [0.1, 0.15) is 15.9 Å². The highest BCUT2D eigenvalue weighted by molar-refractivity contribution is 6.33. The van der Waals surface area contributed by atoms with Crippen LogP contribution >= 0.6 is 11.6 Å². The van der Waals surface area contributed by atoms with E-state index in [1.54, 1.807) is 13.0 Å². The van der Waals surface area contributed by atoms with Gasteiger partial charge in [-0.1, -0.05) is 11.6 Å². The monoisotopic (exact) mass is 283 g/mol. The number of rotatable bonds is 2. The van der Waals surface area contributed by atoms with Crippen LogP contribution in [0, 0.1) is 6.92 Å². The molecular weight excluding hydrogens is 270 g/mol. The Hall–Kier alpha value is -2.28. The Morgan fingerprint density at radius 2 is 1.95 bits per heavy atom. The number of hydrogen-bond acceptors (Lipinski definition) is 3. The summed E-state index contributed by atoms with van der Waals surface area (Å²) in [6, 6.07) is 3.04. The summed E-state index contributed by atoms with van der Waals surface area (Å²) in [5.74, 6) is -0.831. The average Bonchev–Trinajstić information content (AvgIpc) is 2.31. The summed E-state index contributed by atoms with van der Waals surface area (Å²) in [4.78, 5) is 19.0. The van der Waals surface area contributed by atoms with E-state index in [0.29, 0.717) is 11.3 Å². The van der Waals surface area contributed by atoms with Crippen molar-refractivity contribution < 1.29 is 9.53 Å². The number of nitrogens with zero attached hydrogens (tertiary/aromatic N) is 2. The van der Waals surface area contributed by atoms with Crippen molar-refractivity contribution in [2.24, 2.45) is 27.2 Å². The first-order valence-corrected chi connectivity index (χ1v) is 5.55. The number of esters is 1. The van der Waals surface area contributed by atoms with E-state index in [-0.39, 0.29) is 22.5 Å². The molecule has 1 rings (SSSR count). The van der Waals surface area contributed by atoms with E-state index in [1.165, 1.54) is 13.2 Å². The summed E-state index contributed by atoms with van der Waals surface area (Å²) in [5.41, 5.74) is 17.3. The standard InChI is InChI=1S/C11H14ClN5O2/c1-5-3-6(9(18)19-2)7(12)4-8(5)16-11(15)17-10(13)14/h3-4H,1-2H3,(H6,13,14,15,16,17). The van der Waals surface area contributed by atoms with Gasteiger partial charge in [0.2, 0.25) is 5.96 Å². The summed E-state index contributed by atoms with van der Waals surface area (Å²) >= 11 is 5.97. The van der Waals surface area contributed by atoms with Gasteiger partial charge in [-0.15, -0.1) is 0 Å². The fourth-order valence-corrected chi connectivity index (χ4v) is 1.57. The molecule has 0 aliphatic carbocycles. The van der Waals surface area contributed by atoms with Crippen LogP contribution < -0.4 is 17.2 Å². The van der Waals surface area contributed by atoms with E-state index in [1.807, 2.05) is 0 Å². The number of nitrogens with two attached hydrogens (primary N) is 3. The van der Waals surface area contributed by atoms with Gasteiger partial charge in [0.1, 0.15) is 0 Å². The lowest BCUT2D eigenvalue weighted by molar-refractivity contribution is 0.0601. The van der Waals surface area contributed by atoms with E-state index < -0.39 is 5.97 Å². The number of benzene rings is 1. The molecule has 0 amide bonds. The van der Waals surface area contributed by atoms with Gasteiger partial charge in [0.25, 0.3) is 0 Å². The van der Waals surface area contributed by atoms with E-state index >= 15 is 0 Å². The topological polar surface area (TPSA) is 129 Å². The van der Waals surface area contributed by atoms with Gasteiger partial charge in [0, 0.05) is 0 Å². The Labute approximate surface area is 115 Å². The number of aryl methyl sites for hydroxylation is 1. The second-order valence-corrected chi connectivity index (χ2v) is 4.02. The van der Waals surface area contributed by atoms with Crippen LogP contribution in [0.25, 0.3) is 0 Å². The summed E-state index contributed by atoms with van der Waals surface area (Å²) in [5, 5.41) is 0.203. The fraction of sp³-hybridized carbons (Fsp3) is 0.182. The van der Waals surface area contributed by atoms with Crippen molar-refractivity contribution in [2.45, 2.75) is 6.92 Å². The Bertz CT molecular complexity index is 564. The number of carbonyl (C=O) groups is 1. The van der Waals surface area contributed by atoms with Crippen molar-refractivity contribution in [3.8, 4) is 0 Å². The molecule has 0 aliphatic heterocycles. The van der Waals surface area contributed by atoms with E-state index in [9.17, 15) is 4.79 Å². The summed E-state index contributed by atoms with van der Waals surface area (Å²) in [6.45, 7) is 1.74. The van der Waals surface area contributed by atoms with Gasteiger partial charge in [0.05, 0.1) is 23.4 Å². The maximum atomic E-state index is 11.4. The van der Waals surface area contributed by atoms with Crippen LogP contribution in [-0.2, 0) is 4.74 Å². The largest absolute Gasteiger partial charge is 0.465 e. The van der Waals surface area contributed by atoms with Gasteiger partial charge in [0.15, 0.2) is 5.96 Å². The predicted molar refractivity (Wildman–Crippen MR) is 74.6 cm³/mol. The molecule has 102 valence electrons. The SMILES string of the molecule is COC(=O)c1cc(C)c(N=C(N)N=C(N)N)cc1Cl.